The van der Waals surface area contributed by atoms with Crippen LogP contribution in [0.15, 0.2) is 0 Å². The first-order valence-electron chi connectivity index (χ1n) is 7.08. The van der Waals surface area contributed by atoms with E-state index in [0.717, 1.165) is 19.0 Å². The van der Waals surface area contributed by atoms with Crippen molar-refractivity contribution in [3.63, 3.8) is 0 Å². The summed E-state index contributed by atoms with van der Waals surface area (Å²) in [6.45, 7) is 4.31. The van der Waals surface area contributed by atoms with Gasteiger partial charge in [0.2, 0.25) is 17.8 Å². The summed E-state index contributed by atoms with van der Waals surface area (Å²) in [5.41, 5.74) is 0. The Balaban J connectivity index is 2.26. The Kier molecular flexibility index (Phi) is 4.94. The van der Waals surface area contributed by atoms with Crippen LogP contribution < -0.4 is 15.1 Å². The lowest BCUT2D eigenvalue weighted by Gasteiger charge is -2.23. The summed E-state index contributed by atoms with van der Waals surface area (Å²) >= 11 is 0. The zero-order valence-corrected chi connectivity index (χ0v) is 12.8. The molecule has 0 aromatic carbocycles. The van der Waals surface area contributed by atoms with Crippen molar-refractivity contribution < 1.29 is 4.74 Å². The molecule has 1 aromatic rings. The summed E-state index contributed by atoms with van der Waals surface area (Å²) in [7, 11) is 5.59. The van der Waals surface area contributed by atoms with E-state index in [2.05, 4.69) is 25.2 Å². The first-order valence-corrected chi connectivity index (χ1v) is 7.08. The average molecular weight is 280 g/mol. The molecule has 0 amide bonds. The molecule has 1 aliphatic carbocycles. The van der Waals surface area contributed by atoms with Gasteiger partial charge in [0, 0.05) is 40.3 Å². The number of ether oxygens (including phenoxy) is 1. The lowest BCUT2D eigenvalue weighted by Crippen LogP contribution is -2.32. The third-order valence-electron chi connectivity index (χ3n) is 3.13. The first kappa shape index (κ1) is 14.8. The second kappa shape index (κ2) is 6.69. The topological polar surface area (TPSA) is 66.4 Å². The molecule has 0 atom stereocenters. The highest BCUT2D eigenvalue weighted by atomic mass is 16.5. The van der Waals surface area contributed by atoms with Crippen LogP contribution in [0.1, 0.15) is 19.8 Å². The summed E-state index contributed by atoms with van der Waals surface area (Å²) < 4.78 is 5.19. The molecule has 0 saturated heterocycles. The monoisotopic (exact) mass is 280 g/mol. The number of rotatable bonds is 8. The maximum atomic E-state index is 5.19. The van der Waals surface area contributed by atoms with Gasteiger partial charge in [-0.2, -0.15) is 15.0 Å². The van der Waals surface area contributed by atoms with Crippen molar-refractivity contribution in [3.05, 3.63) is 0 Å². The van der Waals surface area contributed by atoms with E-state index in [1.165, 1.54) is 12.8 Å². The highest BCUT2D eigenvalue weighted by Crippen LogP contribution is 2.30. The lowest BCUT2D eigenvalue weighted by atomic mass is 10.5. The van der Waals surface area contributed by atoms with Crippen LogP contribution in [-0.2, 0) is 4.74 Å². The predicted molar refractivity (Wildman–Crippen MR) is 80.6 cm³/mol. The van der Waals surface area contributed by atoms with Gasteiger partial charge in [0.05, 0.1) is 6.61 Å². The minimum Gasteiger partial charge on any atom is -0.383 e. The maximum absolute atomic E-state index is 5.19. The van der Waals surface area contributed by atoms with Gasteiger partial charge in [0.25, 0.3) is 0 Å². The molecule has 7 nitrogen and oxygen atoms in total. The van der Waals surface area contributed by atoms with Crippen molar-refractivity contribution >= 4 is 17.8 Å². The fraction of sp³-hybridized carbons (Fsp3) is 0.769. The van der Waals surface area contributed by atoms with Crippen molar-refractivity contribution in [1.82, 2.24) is 15.0 Å². The zero-order valence-electron chi connectivity index (χ0n) is 12.8. The van der Waals surface area contributed by atoms with Gasteiger partial charge in [0.1, 0.15) is 0 Å². The third-order valence-corrected chi connectivity index (χ3v) is 3.13. The summed E-state index contributed by atoms with van der Waals surface area (Å²) in [6.07, 6.45) is 2.40. The zero-order chi connectivity index (χ0) is 14.5. The molecule has 1 saturated carbocycles. The highest BCUT2D eigenvalue weighted by Gasteiger charge is 2.31. The van der Waals surface area contributed by atoms with Crippen LogP contribution in [0.4, 0.5) is 17.8 Å². The van der Waals surface area contributed by atoms with Crippen LogP contribution in [0.3, 0.4) is 0 Å². The Labute approximate surface area is 120 Å². The maximum Gasteiger partial charge on any atom is 0.232 e. The third kappa shape index (κ3) is 3.69. The summed E-state index contributed by atoms with van der Waals surface area (Å²) in [5.74, 6) is 2.04. The SMILES string of the molecule is CCNc1nc(N(C)C)nc(N(CCOC)C2CC2)n1. The molecule has 20 heavy (non-hydrogen) atoms. The summed E-state index contributed by atoms with van der Waals surface area (Å²) in [4.78, 5) is 17.6. The normalized spacial score (nSPS) is 14.2. The fourth-order valence-electron chi connectivity index (χ4n) is 1.94. The molecule has 1 heterocycles. The van der Waals surface area contributed by atoms with Crippen LogP contribution in [-0.4, -0.2) is 61.9 Å². The number of nitrogens with zero attached hydrogens (tertiary/aromatic N) is 5. The van der Waals surface area contributed by atoms with E-state index in [1.807, 2.05) is 25.9 Å². The predicted octanol–water partition coefficient (Wildman–Crippen LogP) is 0.985. The Morgan fingerprint density at radius 1 is 1.20 bits per heavy atom. The molecule has 7 heteroatoms. The van der Waals surface area contributed by atoms with Crippen LogP contribution in [0.2, 0.25) is 0 Å². The number of anilines is 3. The molecule has 0 unspecified atom stereocenters. The lowest BCUT2D eigenvalue weighted by molar-refractivity contribution is 0.204. The van der Waals surface area contributed by atoms with Crippen molar-refractivity contribution in [2.75, 3.05) is 56.0 Å². The molecule has 112 valence electrons. The fourth-order valence-corrected chi connectivity index (χ4v) is 1.94. The minimum atomic E-state index is 0.539. The number of hydrogen-bond donors (Lipinski definition) is 1. The quantitative estimate of drug-likeness (QED) is 0.761. The van der Waals surface area contributed by atoms with Crippen LogP contribution in [0.5, 0.6) is 0 Å². The highest BCUT2D eigenvalue weighted by molar-refractivity contribution is 5.45. The average Bonchev–Trinajstić information content (AvgIpc) is 3.24. The Morgan fingerprint density at radius 3 is 2.45 bits per heavy atom. The van der Waals surface area contributed by atoms with Crippen molar-refractivity contribution in [2.45, 2.75) is 25.8 Å². The van der Waals surface area contributed by atoms with Crippen LogP contribution >= 0.6 is 0 Å². The van der Waals surface area contributed by atoms with Crippen LogP contribution in [0.25, 0.3) is 0 Å². The van der Waals surface area contributed by atoms with Gasteiger partial charge >= 0.3 is 0 Å². The smallest absolute Gasteiger partial charge is 0.232 e. The van der Waals surface area contributed by atoms with Crippen molar-refractivity contribution in [1.29, 1.82) is 0 Å². The molecule has 2 rings (SSSR count). The molecular weight excluding hydrogens is 256 g/mol. The van der Waals surface area contributed by atoms with Gasteiger partial charge in [0.15, 0.2) is 0 Å². The standard InChI is InChI=1S/C13H24N6O/c1-5-14-11-15-12(18(2)3)17-13(16-11)19(8-9-20-4)10-6-7-10/h10H,5-9H2,1-4H3,(H,14,15,16,17). The first-order chi connectivity index (χ1) is 9.65. The van der Waals surface area contributed by atoms with Crippen molar-refractivity contribution in [3.8, 4) is 0 Å². The molecule has 0 aliphatic heterocycles. The second-order valence-electron chi connectivity index (χ2n) is 5.10. The van der Waals surface area contributed by atoms with E-state index in [9.17, 15) is 0 Å². The van der Waals surface area contributed by atoms with E-state index >= 15 is 0 Å². The molecule has 1 aromatic heterocycles. The molecule has 0 radical (unpaired) electrons. The Hall–Kier alpha value is -1.63. The number of methoxy groups -OCH3 is 1. The molecular formula is C13H24N6O. The molecule has 1 fully saturated rings. The Morgan fingerprint density at radius 2 is 1.90 bits per heavy atom. The number of hydrogen-bond acceptors (Lipinski definition) is 7. The van der Waals surface area contributed by atoms with E-state index < -0.39 is 0 Å². The summed E-state index contributed by atoms with van der Waals surface area (Å²) in [6, 6.07) is 0.539. The van der Waals surface area contributed by atoms with Gasteiger partial charge in [-0.3, -0.25) is 0 Å². The number of aromatic nitrogens is 3. The molecule has 1 aliphatic rings. The van der Waals surface area contributed by atoms with E-state index in [1.54, 1.807) is 7.11 Å². The van der Waals surface area contributed by atoms with Crippen LogP contribution in [0, 0.1) is 0 Å². The van der Waals surface area contributed by atoms with Crippen molar-refractivity contribution in [2.24, 2.45) is 0 Å². The van der Waals surface area contributed by atoms with Gasteiger partial charge in [-0.05, 0) is 19.8 Å². The second-order valence-corrected chi connectivity index (χ2v) is 5.10. The Bertz CT molecular complexity index is 435. The van der Waals surface area contributed by atoms with E-state index in [4.69, 9.17) is 4.74 Å². The van der Waals surface area contributed by atoms with Gasteiger partial charge in [-0.1, -0.05) is 0 Å². The summed E-state index contributed by atoms with van der Waals surface area (Å²) in [5, 5.41) is 3.17. The largest absolute Gasteiger partial charge is 0.383 e. The molecule has 0 spiro atoms. The minimum absolute atomic E-state index is 0.539. The molecule has 1 N–H and O–H groups in total. The van der Waals surface area contributed by atoms with Gasteiger partial charge < -0.3 is 19.9 Å². The number of nitrogens with one attached hydrogen (secondary N) is 1. The van der Waals surface area contributed by atoms with Gasteiger partial charge in [-0.15, -0.1) is 0 Å². The van der Waals surface area contributed by atoms with E-state index in [0.29, 0.717) is 24.5 Å². The molecule has 0 bridgehead atoms. The van der Waals surface area contributed by atoms with Gasteiger partial charge in [-0.25, -0.2) is 0 Å². The van der Waals surface area contributed by atoms with E-state index in [-0.39, 0.29) is 0 Å².